The highest BCUT2D eigenvalue weighted by atomic mass is 79.9. The van der Waals surface area contributed by atoms with E-state index in [1.54, 1.807) is 31.0 Å². The average Bonchev–Trinajstić information content (AvgIpc) is 3.09. The molecule has 0 aliphatic heterocycles. The number of carbonyl (C=O) groups excluding carboxylic acids is 1. The number of imidazole rings is 1. The van der Waals surface area contributed by atoms with E-state index in [9.17, 15) is 4.79 Å². The third-order valence-corrected chi connectivity index (χ3v) is 3.94. The van der Waals surface area contributed by atoms with Crippen LogP contribution < -0.4 is 5.32 Å². The molecule has 1 unspecified atom stereocenters. The van der Waals surface area contributed by atoms with Crippen molar-refractivity contribution in [3.05, 3.63) is 77.0 Å². The van der Waals surface area contributed by atoms with Crippen LogP contribution in [0.25, 0.3) is 5.69 Å². The van der Waals surface area contributed by atoms with Crippen LogP contribution in [0.2, 0.25) is 0 Å². The van der Waals surface area contributed by atoms with Gasteiger partial charge in [0.1, 0.15) is 0 Å². The van der Waals surface area contributed by atoms with E-state index >= 15 is 0 Å². The van der Waals surface area contributed by atoms with E-state index in [1.807, 2.05) is 42.0 Å². The molecule has 116 valence electrons. The maximum Gasteiger partial charge on any atom is 0.253 e. The smallest absolute Gasteiger partial charge is 0.253 e. The van der Waals surface area contributed by atoms with E-state index in [0.717, 1.165) is 15.7 Å². The van der Waals surface area contributed by atoms with Crippen LogP contribution in [0.5, 0.6) is 0 Å². The van der Waals surface area contributed by atoms with Gasteiger partial charge in [0.05, 0.1) is 17.9 Å². The number of carbonyl (C=O) groups is 1. The first-order valence-corrected chi connectivity index (χ1v) is 7.92. The molecule has 0 radical (unpaired) electrons. The van der Waals surface area contributed by atoms with Crippen molar-refractivity contribution in [2.24, 2.45) is 0 Å². The fourth-order valence-electron chi connectivity index (χ4n) is 2.25. The molecule has 3 rings (SSSR count). The number of rotatable bonds is 4. The van der Waals surface area contributed by atoms with E-state index in [-0.39, 0.29) is 11.9 Å². The number of hydrogen-bond acceptors (Lipinski definition) is 3. The zero-order valence-electron chi connectivity index (χ0n) is 12.5. The van der Waals surface area contributed by atoms with Crippen molar-refractivity contribution in [2.45, 2.75) is 13.0 Å². The highest BCUT2D eigenvalue weighted by Crippen LogP contribution is 2.17. The van der Waals surface area contributed by atoms with Gasteiger partial charge in [-0.1, -0.05) is 12.1 Å². The Morgan fingerprint density at radius 2 is 2.00 bits per heavy atom. The van der Waals surface area contributed by atoms with Gasteiger partial charge < -0.3 is 9.88 Å². The highest BCUT2D eigenvalue weighted by molar-refractivity contribution is 9.10. The summed E-state index contributed by atoms with van der Waals surface area (Å²) in [6, 6.07) is 9.65. The highest BCUT2D eigenvalue weighted by Gasteiger charge is 2.12. The molecule has 0 saturated heterocycles. The third-order valence-electron chi connectivity index (χ3n) is 3.51. The van der Waals surface area contributed by atoms with Crippen LogP contribution >= 0.6 is 15.9 Å². The number of hydrogen-bond donors (Lipinski definition) is 1. The molecule has 1 N–H and O–H groups in total. The summed E-state index contributed by atoms with van der Waals surface area (Å²) in [4.78, 5) is 20.3. The van der Waals surface area contributed by atoms with Gasteiger partial charge in [-0.05, 0) is 46.6 Å². The number of nitrogens with zero attached hydrogens (tertiary/aromatic N) is 3. The van der Waals surface area contributed by atoms with Crippen LogP contribution in [0.1, 0.15) is 28.9 Å². The molecule has 1 atom stereocenters. The number of amides is 1. The van der Waals surface area contributed by atoms with Crippen molar-refractivity contribution in [3.63, 3.8) is 0 Å². The lowest BCUT2D eigenvalue weighted by atomic mass is 10.1. The quantitative estimate of drug-likeness (QED) is 0.764. The van der Waals surface area contributed by atoms with Crippen LogP contribution in [0, 0.1) is 0 Å². The number of nitrogens with one attached hydrogen (secondary N) is 1. The van der Waals surface area contributed by atoms with Crippen LogP contribution in [0.4, 0.5) is 0 Å². The van der Waals surface area contributed by atoms with E-state index in [4.69, 9.17) is 0 Å². The predicted octanol–water partition coefficient (Wildman–Crippen LogP) is 3.52. The third kappa shape index (κ3) is 3.65. The van der Waals surface area contributed by atoms with Crippen molar-refractivity contribution < 1.29 is 4.79 Å². The second-order valence-electron chi connectivity index (χ2n) is 5.15. The fourth-order valence-corrected chi connectivity index (χ4v) is 2.61. The van der Waals surface area contributed by atoms with Crippen LogP contribution in [0.15, 0.2) is 65.9 Å². The van der Waals surface area contributed by atoms with Gasteiger partial charge in [-0.15, -0.1) is 0 Å². The zero-order chi connectivity index (χ0) is 16.2. The largest absolute Gasteiger partial charge is 0.345 e. The van der Waals surface area contributed by atoms with Gasteiger partial charge in [0.15, 0.2) is 0 Å². The molecular formula is C17H15BrN4O. The summed E-state index contributed by atoms with van der Waals surface area (Å²) in [5, 5.41) is 2.97. The van der Waals surface area contributed by atoms with Crippen LogP contribution in [-0.4, -0.2) is 20.4 Å². The number of halogens is 1. The Bertz CT molecular complexity index is 800. The maximum atomic E-state index is 12.3. The molecule has 1 amide bonds. The summed E-state index contributed by atoms with van der Waals surface area (Å²) >= 11 is 3.32. The van der Waals surface area contributed by atoms with E-state index in [0.29, 0.717) is 5.56 Å². The van der Waals surface area contributed by atoms with Crippen LogP contribution in [-0.2, 0) is 0 Å². The standard InChI is InChI=1S/C17H15BrN4O/c1-12(21-17(23)14-8-15(18)10-20-9-14)13-2-4-16(5-3-13)22-7-6-19-11-22/h2-12H,1H3,(H,21,23). The molecule has 0 aliphatic carbocycles. The molecule has 23 heavy (non-hydrogen) atoms. The molecule has 0 aliphatic rings. The summed E-state index contributed by atoms with van der Waals surface area (Å²) in [6.45, 7) is 1.95. The lowest BCUT2D eigenvalue weighted by Crippen LogP contribution is -2.26. The van der Waals surface area contributed by atoms with Gasteiger partial charge in [-0.25, -0.2) is 4.98 Å². The number of aromatic nitrogens is 3. The molecule has 0 bridgehead atoms. The summed E-state index contributed by atoms with van der Waals surface area (Å²) in [5.41, 5.74) is 2.59. The number of pyridine rings is 1. The van der Waals surface area contributed by atoms with Crippen molar-refractivity contribution in [1.29, 1.82) is 0 Å². The second kappa shape index (κ2) is 6.75. The topological polar surface area (TPSA) is 59.8 Å². The number of benzene rings is 1. The van der Waals surface area contributed by atoms with Crippen molar-refractivity contribution >= 4 is 21.8 Å². The monoisotopic (exact) mass is 370 g/mol. The molecule has 1 aromatic carbocycles. The van der Waals surface area contributed by atoms with Gasteiger partial charge in [0.2, 0.25) is 0 Å². The van der Waals surface area contributed by atoms with Crippen molar-refractivity contribution in [1.82, 2.24) is 19.9 Å². The predicted molar refractivity (Wildman–Crippen MR) is 91.4 cm³/mol. The Morgan fingerprint density at radius 1 is 1.22 bits per heavy atom. The van der Waals surface area contributed by atoms with E-state index in [1.165, 1.54) is 0 Å². The first kappa shape index (κ1) is 15.4. The molecule has 0 spiro atoms. The lowest BCUT2D eigenvalue weighted by Gasteiger charge is -2.15. The van der Waals surface area contributed by atoms with Gasteiger partial charge in [0, 0.05) is 34.9 Å². The molecule has 3 aromatic rings. The Balaban J connectivity index is 1.70. The van der Waals surface area contributed by atoms with Crippen molar-refractivity contribution in [2.75, 3.05) is 0 Å². The van der Waals surface area contributed by atoms with Gasteiger partial charge >= 0.3 is 0 Å². The average molecular weight is 371 g/mol. The lowest BCUT2D eigenvalue weighted by molar-refractivity contribution is 0.0939. The van der Waals surface area contributed by atoms with Gasteiger partial charge in [-0.2, -0.15) is 0 Å². The molecule has 2 aromatic heterocycles. The minimum absolute atomic E-state index is 0.0988. The normalized spacial score (nSPS) is 11.9. The summed E-state index contributed by atoms with van der Waals surface area (Å²) in [6.07, 6.45) is 8.58. The fraction of sp³-hybridized carbons (Fsp3) is 0.118. The maximum absolute atomic E-state index is 12.3. The molecule has 0 fully saturated rings. The van der Waals surface area contributed by atoms with Gasteiger partial charge in [0.25, 0.3) is 5.91 Å². The summed E-state index contributed by atoms with van der Waals surface area (Å²) < 4.78 is 2.71. The van der Waals surface area contributed by atoms with Crippen LogP contribution in [0.3, 0.4) is 0 Å². The van der Waals surface area contributed by atoms with Crippen molar-refractivity contribution in [3.8, 4) is 5.69 Å². The first-order chi connectivity index (χ1) is 11.1. The Kier molecular flexibility index (Phi) is 4.52. The summed E-state index contributed by atoms with van der Waals surface area (Å²) in [7, 11) is 0. The minimum Gasteiger partial charge on any atom is -0.345 e. The van der Waals surface area contributed by atoms with E-state index in [2.05, 4.69) is 31.2 Å². The Morgan fingerprint density at radius 3 is 2.65 bits per heavy atom. The Hall–Kier alpha value is -2.47. The first-order valence-electron chi connectivity index (χ1n) is 7.13. The molecule has 2 heterocycles. The minimum atomic E-state index is -0.148. The molecular weight excluding hydrogens is 356 g/mol. The van der Waals surface area contributed by atoms with Gasteiger partial charge in [-0.3, -0.25) is 9.78 Å². The second-order valence-corrected chi connectivity index (χ2v) is 6.06. The van der Waals surface area contributed by atoms with E-state index < -0.39 is 0 Å². The summed E-state index contributed by atoms with van der Waals surface area (Å²) in [5.74, 6) is -0.148. The molecule has 5 nitrogen and oxygen atoms in total. The Labute approximate surface area is 142 Å². The molecule has 0 saturated carbocycles. The SMILES string of the molecule is CC(NC(=O)c1cncc(Br)c1)c1ccc(-n2ccnc2)cc1. The molecule has 6 heteroatoms. The zero-order valence-corrected chi connectivity index (χ0v) is 14.1.